The summed E-state index contributed by atoms with van der Waals surface area (Å²) in [7, 11) is 1.67. The molecule has 0 aliphatic carbocycles. The first-order chi connectivity index (χ1) is 13.7. The number of rotatable bonds is 5. The van der Waals surface area contributed by atoms with Crippen LogP contribution in [-0.4, -0.2) is 49.0 Å². The molecule has 144 valence electrons. The molecule has 1 aliphatic rings. The van der Waals surface area contributed by atoms with Crippen LogP contribution in [0.1, 0.15) is 11.1 Å². The Kier molecular flexibility index (Phi) is 5.74. The maximum absolute atomic E-state index is 12.5. The average molecular weight is 393 g/mol. The first-order valence-corrected chi connectivity index (χ1v) is 10.4. The van der Waals surface area contributed by atoms with Crippen molar-refractivity contribution in [3.63, 3.8) is 0 Å². The highest BCUT2D eigenvalue weighted by Crippen LogP contribution is 2.22. The fourth-order valence-electron chi connectivity index (χ4n) is 3.51. The fraction of sp³-hybridized carbons (Fsp3) is 0.261. The SMILES string of the molecule is COc1ccc2cc(/C=C/C(=O)N3CCN(Cc4ccsc4)CC3)ccc2c1. The van der Waals surface area contributed by atoms with Crippen LogP contribution in [-0.2, 0) is 11.3 Å². The lowest BCUT2D eigenvalue weighted by molar-refractivity contribution is -0.127. The average Bonchev–Trinajstić information content (AvgIpc) is 3.25. The molecule has 1 saturated heterocycles. The Balaban J connectivity index is 1.34. The number of ether oxygens (including phenoxy) is 1. The van der Waals surface area contributed by atoms with Crippen LogP contribution in [0.5, 0.6) is 5.75 Å². The molecule has 28 heavy (non-hydrogen) atoms. The summed E-state index contributed by atoms with van der Waals surface area (Å²) in [5, 5.41) is 6.57. The number of hydrogen-bond acceptors (Lipinski definition) is 4. The molecule has 0 unspecified atom stereocenters. The highest BCUT2D eigenvalue weighted by atomic mass is 32.1. The van der Waals surface area contributed by atoms with E-state index in [-0.39, 0.29) is 5.91 Å². The molecular weight excluding hydrogens is 368 g/mol. The number of hydrogen-bond donors (Lipinski definition) is 0. The molecule has 0 atom stereocenters. The molecule has 0 radical (unpaired) electrons. The van der Waals surface area contributed by atoms with E-state index in [0.29, 0.717) is 0 Å². The lowest BCUT2D eigenvalue weighted by Gasteiger charge is -2.34. The largest absolute Gasteiger partial charge is 0.497 e. The Bertz CT molecular complexity index is 973. The van der Waals surface area contributed by atoms with Crippen LogP contribution in [0, 0.1) is 0 Å². The zero-order valence-corrected chi connectivity index (χ0v) is 16.8. The van der Waals surface area contributed by atoms with Gasteiger partial charge in [0.1, 0.15) is 5.75 Å². The number of carbonyl (C=O) groups is 1. The number of thiophene rings is 1. The Hall–Kier alpha value is -2.63. The van der Waals surface area contributed by atoms with Gasteiger partial charge >= 0.3 is 0 Å². The highest BCUT2D eigenvalue weighted by molar-refractivity contribution is 7.07. The van der Waals surface area contributed by atoms with Crippen LogP contribution in [0.2, 0.25) is 0 Å². The first-order valence-electron chi connectivity index (χ1n) is 9.49. The van der Waals surface area contributed by atoms with Crippen LogP contribution < -0.4 is 4.74 Å². The molecule has 4 rings (SSSR count). The predicted octanol–water partition coefficient (Wildman–Crippen LogP) is 4.27. The Morgan fingerprint density at radius 1 is 1.07 bits per heavy atom. The Morgan fingerprint density at radius 2 is 1.86 bits per heavy atom. The molecule has 5 heteroatoms. The van der Waals surface area contributed by atoms with Gasteiger partial charge in [-0.15, -0.1) is 0 Å². The normalized spacial score (nSPS) is 15.4. The second-order valence-electron chi connectivity index (χ2n) is 7.04. The van der Waals surface area contributed by atoms with Crippen LogP contribution in [0.15, 0.2) is 59.3 Å². The Morgan fingerprint density at radius 3 is 2.61 bits per heavy atom. The molecule has 1 aromatic heterocycles. The number of amides is 1. The van der Waals surface area contributed by atoms with Gasteiger partial charge in [-0.2, -0.15) is 11.3 Å². The quantitative estimate of drug-likeness (QED) is 0.608. The third-order valence-electron chi connectivity index (χ3n) is 5.16. The lowest BCUT2D eigenvalue weighted by Crippen LogP contribution is -2.47. The van der Waals surface area contributed by atoms with Gasteiger partial charge in [-0.05, 0) is 63.0 Å². The van der Waals surface area contributed by atoms with E-state index in [2.05, 4.69) is 33.9 Å². The summed E-state index contributed by atoms with van der Waals surface area (Å²) in [5.74, 6) is 0.939. The van der Waals surface area contributed by atoms with Gasteiger partial charge in [0.05, 0.1) is 7.11 Å². The van der Waals surface area contributed by atoms with E-state index in [1.807, 2.05) is 35.2 Å². The maximum Gasteiger partial charge on any atom is 0.246 e. The number of fused-ring (bicyclic) bond motifs is 1. The minimum atomic E-state index is 0.0880. The van der Waals surface area contributed by atoms with Crippen LogP contribution in [0.25, 0.3) is 16.8 Å². The highest BCUT2D eigenvalue weighted by Gasteiger charge is 2.19. The van der Waals surface area contributed by atoms with Crippen molar-refractivity contribution in [1.82, 2.24) is 9.80 Å². The molecule has 1 fully saturated rings. The summed E-state index contributed by atoms with van der Waals surface area (Å²) in [6.07, 6.45) is 3.60. The smallest absolute Gasteiger partial charge is 0.246 e. The summed E-state index contributed by atoms with van der Waals surface area (Å²) in [5.41, 5.74) is 2.39. The van der Waals surface area contributed by atoms with E-state index in [9.17, 15) is 4.79 Å². The van der Waals surface area contributed by atoms with E-state index in [1.165, 1.54) is 5.56 Å². The summed E-state index contributed by atoms with van der Waals surface area (Å²) in [6.45, 7) is 4.39. The minimum absolute atomic E-state index is 0.0880. The molecule has 1 aliphatic heterocycles. The Labute approximate surface area is 169 Å². The van der Waals surface area contributed by atoms with Gasteiger partial charge in [0.25, 0.3) is 0 Å². The zero-order chi connectivity index (χ0) is 19.3. The van der Waals surface area contributed by atoms with Gasteiger partial charge in [-0.3, -0.25) is 9.69 Å². The minimum Gasteiger partial charge on any atom is -0.497 e. The third kappa shape index (κ3) is 4.43. The van der Waals surface area contributed by atoms with Gasteiger partial charge in [0.2, 0.25) is 5.91 Å². The van der Waals surface area contributed by atoms with Crippen molar-refractivity contribution in [1.29, 1.82) is 0 Å². The second-order valence-corrected chi connectivity index (χ2v) is 7.82. The molecule has 0 bridgehead atoms. The summed E-state index contributed by atoms with van der Waals surface area (Å²) in [4.78, 5) is 16.9. The fourth-order valence-corrected chi connectivity index (χ4v) is 4.17. The van der Waals surface area contributed by atoms with Crippen molar-refractivity contribution in [2.75, 3.05) is 33.3 Å². The van der Waals surface area contributed by atoms with Crippen molar-refractivity contribution < 1.29 is 9.53 Å². The van der Waals surface area contributed by atoms with Gasteiger partial charge in [-0.1, -0.05) is 18.2 Å². The van der Waals surface area contributed by atoms with Gasteiger partial charge in [0, 0.05) is 38.8 Å². The van der Waals surface area contributed by atoms with Crippen LogP contribution >= 0.6 is 11.3 Å². The molecule has 2 aromatic carbocycles. The maximum atomic E-state index is 12.5. The lowest BCUT2D eigenvalue weighted by atomic mass is 10.1. The topological polar surface area (TPSA) is 32.8 Å². The van der Waals surface area contributed by atoms with E-state index in [0.717, 1.165) is 54.8 Å². The van der Waals surface area contributed by atoms with E-state index < -0.39 is 0 Å². The van der Waals surface area contributed by atoms with Crippen molar-refractivity contribution in [2.45, 2.75) is 6.54 Å². The van der Waals surface area contributed by atoms with Crippen LogP contribution in [0.4, 0.5) is 0 Å². The number of carbonyl (C=O) groups excluding carboxylic acids is 1. The molecular formula is C23H24N2O2S. The summed E-state index contributed by atoms with van der Waals surface area (Å²) < 4.78 is 5.27. The second kappa shape index (κ2) is 8.59. The molecule has 0 N–H and O–H groups in total. The van der Waals surface area contributed by atoms with E-state index >= 15 is 0 Å². The van der Waals surface area contributed by atoms with Crippen LogP contribution in [0.3, 0.4) is 0 Å². The van der Waals surface area contributed by atoms with E-state index in [4.69, 9.17) is 4.74 Å². The molecule has 4 nitrogen and oxygen atoms in total. The monoisotopic (exact) mass is 392 g/mol. The number of nitrogens with zero attached hydrogens (tertiary/aromatic N) is 2. The van der Waals surface area contributed by atoms with Gasteiger partial charge in [0.15, 0.2) is 0 Å². The first kappa shape index (κ1) is 18.7. The third-order valence-corrected chi connectivity index (χ3v) is 5.89. The number of methoxy groups -OCH3 is 1. The van der Waals surface area contributed by atoms with Gasteiger partial charge < -0.3 is 9.64 Å². The van der Waals surface area contributed by atoms with Crippen molar-refractivity contribution >= 4 is 34.1 Å². The summed E-state index contributed by atoms with van der Waals surface area (Å²) >= 11 is 1.73. The predicted molar refractivity (Wildman–Crippen MR) is 116 cm³/mol. The molecule has 0 spiro atoms. The van der Waals surface area contributed by atoms with E-state index in [1.54, 1.807) is 24.5 Å². The van der Waals surface area contributed by atoms with Crippen molar-refractivity contribution in [3.05, 3.63) is 70.4 Å². The number of benzene rings is 2. The molecule has 2 heterocycles. The molecule has 0 saturated carbocycles. The zero-order valence-electron chi connectivity index (χ0n) is 16.0. The number of piperazine rings is 1. The standard InChI is InChI=1S/C23H24N2O2S/c1-27-22-6-5-20-14-18(2-4-21(20)15-22)3-7-23(26)25-11-9-24(10-12-25)16-19-8-13-28-17-19/h2-8,13-15,17H,9-12,16H2,1H3/b7-3+. The molecule has 3 aromatic rings. The summed E-state index contributed by atoms with van der Waals surface area (Å²) in [6, 6.07) is 14.4. The van der Waals surface area contributed by atoms with Crippen molar-refractivity contribution in [3.8, 4) is 5.75 Å². The molecule has 1 amide bonds. The van der Waals surface area contributed by atoms with Crippen molar-refractivity contribution in [2.24, 2.45) is 0 Å². The van der Waals surface area contributed by atoms with Gasteiger partial charge in [-0.25, -0.2) is 0 Å².